The highest BCUT2D eigenvalue weighted by Crippen LogP contribution is 2.58. The average Bonchev–Trinajstić information content (AvgIpc) is 1.55. The Balaban J connectivity index is 0.000000275. The molecule has 0 aliphatic carbocycles. The van der Waals surface area contributed by atoms with E-state index in [0.29, 0.717) is 44.3 Å². The molecular weight excluding hydrogens is 1950 g/mol. The Hall–Kier alpha value is -3.88. The molecule has 150 heavy (non-hydrogen) atoms. The number of esters is 3. The lowest BCUT2D eigenvalue weighted by Crippen LogP contribution is -2.61. The van der Waals surface area contributed by atoms with Crippen LogP contribution in [0.5, 0.6) is 0 Å². The first-order valence-electron chi connectivity index (χ1n) is 55.0. The normalized spacial score (nSPS) is 50.5. The minimum atomic E-state index is -1.99. The second-order valence-corrected chi connectivity index (χ2v) is 49.3. The maximum absolute atomic E-state index is 14.2. The van der Waals surface area contributed by atoms with Crippen LogP contribution in [0.2, 0.25) is 0 Å². The van der Waals surface area contributed by atoms with Crippen molar-refractivity contribution in [3.05, 3.63) is 23.0 Å². The number of ether oxygens (including phenoxy) is 21. The second kappa shape index (κ2) is 49.8. The lowest BCUT2D eigenvalue weighted by Gasteiger charge is -2.49. The Kier molecular flexibility index (Phi) is 42.4. The Labute approximate surface area is 894 Å². The number of aliphatic hydroxyl groups excluding tert-OH is 8. The van der Waals surface area contributed by atoms with Gasteiger partial charge >= 0.3 is 20.8 Å². The van der Waals surface area contributed by atoms with E-state index >= 15 is 0 Å². The number of ketones is 1. The zero-order chi connectivity index (χ0) is 113. The number of cyclic esters (lactones) is 3. The van der Waals surface area contributed by atoms with E-state index in [-0.39, 0.29) is 83.7 Å². The molecule has 6 unspecified atom stereocenters. The van der Waals surface area contributed by atoms with Crippen molar-refractivity contribution in [1.82, 2.24) is 14.7 Å². The number of carbonyl (C=O) groups excluding carboxylic acids is 4. The van der Waals surface area contributed by atoms with Crippen molar-refractivity contribution in [2.75, 3.05) is 63.6 Å². The maximum Gasteiger partial charge on any atom is 1.00 e. The van der Waals surface area contributed by atoms with E-state index in [9.17, 15) is 75.3 Å². The lowest BCUT2D eigenvalue weighted by molar-refractivity contribution is -0.337. The number of hydrogen-bond acceptors (Lipinski definition) is 39. The second-order valence-electron chi connectivity index (χ2n) is 49.3. The van der Waals surface area contributed by atoms with Crippen LogP contribution in [0.25, 0.3) is 0 Å². The summed E-state index contributed by atoms with van der Waals surface area (Å²) in [7, 11) is 16.0. The van der Waals surface area contributed by atoms with Gasteiger partial charge in [-0.2, -0.15) is 0 Å². The molecule has 0 aromatic carbocycles. The minimum absolute atomic E-state index is 0. The van der Waals surface area contributed by atoms with Gasteiger partial charge < -0.3 is 170 Å². The van der Waals surface area contributed by atoms with E-state index in [2.05, 4.69) is 6.92 Å². The van der Waals surface area contributed by atoms with Gasteiger partial charge in [0.2, 0.25) is 0 Å². The molecule has 1 spiro atoms. The van der Waals surface area contributed by atoms with Crippen molar-refractivity contribution in [3.8, 4) is 0 Å². The van der Waals surface area contributed by atoms with Crippen molar-refractivity contribution >= 4 is 23.7 Å². The molecular formula is C111H197N3O36+2. The third kappa shape index (κ3) is 26.6. The molecule has 11 N–H and O–H groups in total. The topological polar surface area (TPSA) is 494 Å². The van der Waals surface area contributed by atoms with Crippen molar-refractivity contribution in [2.45, 2.75) is 537 Å². The third-order valence-electron chi connectivity index (χ3n) is 36.0. The number of nitrogens with zero attached hydrogens (tertiary/aromatic N) is 3. The zero-order valence-corrected chi connectivity index (χ0v) is 97.3. The van der Waals surface area contributed by atoms with Gasteiger partial charge in [0.15, 0.2) is 43.5 Å². The van der Waals surface area contributed by atoms with Crippen LogP contribution < -0.4 is 0 Å². The fourth-order valence-corrected chi connectivity index (χ4v) is 26.5. The monoisotopic (exact) mass is 2150 g/mol. The van der Waals surface area contributed by atoms with Crippen molar-refractivity contribution < 1.29 is 178 Å². The number of aliphatic hydroxyl groups is 11. The summed E-state index contributed by atoms with van der Waals surface area (Å²) < 4.78 is 134. The molecule has 0 saturated carbocycles. The zero-order valence-electron chi connectivity index (χ0n) is 99.3. The van der Waals surface area contributed by atoms with Crippen LogP contribution in [0.1, 0.15) is 288 Å². The number of methoxy groups -OCH3 is 3. The van der Waals surface area contributed by atoms with Gasteiger partial charge in [-0.15, -0.1) is 0 Å². The number of Topliss-reactive ketones (excluding diaryl/α,β-unsaturated/α-hetero) is 1. The summed E-state index contributed by atoms with van der Waals surface area (Å²) >= 11 is 0. The first kappa shape index (κ1) is 128. The number of hydrogen-bond donors (Lipinski definition) is 11. The van der Waals surface area contributed by atoms with E-state index in [0.717, 1.165) is 11.1 Å². The van der Waals surface area contributed by atoms with E-state index in [1.807, 2.05) is 146 Å². The van der Waals surface area contributed by atoms with Crippen LogP contribution in [0.3, 0.4) is 0 Å². The van der Waals surface area contributed by atoms with Gasteiger partial charge in [-0.1, -0.05) is 69.2 Å². The van der Waals surface area contributed by atoms with Gasteiger partial charge in [0.05, 0.1) is 125 Å². The van der Waals surface area contributed by atoms with Crippen LogP contribution in [0.15, 0.2) is 23.0 Å². The fourth-order valence-electron chi connectivity index (χ4n) is 26.5. The molecule has 870 valence electrons. The van der Waals surface area contributed by atoms with Crippen LogP contribution in [-0.2, 0) is 119 Å². The van der Waals surface area contributed by atoms with Crippen LogP contribution >= 0.6 is 0 Å². The molecule has 0 amide bonds. The highest BCUT2D eigenvalue weighted by Gasteiger charge is 2.67. The molecule has 10 fully saturated rings. The minimum Gasteiger partial charge on any atom is -0.489 e. The molecule has 10 saturated heterocycles. The summed E-state index contributed by atoms with van der Waals surface area (Å²) in [6.07, 6.45) is -19.5. The number of rotatable bonds is 21. The predicted octanol–water partition coefficient (Wildman–Crippen LogP) is 8.84. The van der Waals surface area contributed by atoms with E-state index in [1.165, 1.54) is 41.9 Å². The summed E-state index contributed by atoms with van der Waals surface area (Å²) in [5, 5.41) is 126. The van der Waals surface area contributed by atoms with E-state index < -0.39 is 293 Å². The van der Waals surface area contributed by atoms with E-state index in [1.54, 1.807) is 97.1 Å². The van der Waals surface area contributed by atoms with Crippen molar-refractivity contribution in [3.63, 3.8) is 0 Å². The smallest absolute Gasteiger partial charge is 0.489 e. The predicted molar refractivity (Wildman–Crippen MR) is 552 cm³/mol. The first-order valence-corrected chi connectivity index (χ1v) is 55.0. The molecule has 39 nitrogen and oxygen atoms in total. The summed E-state index contributed by atoms with van der Waals surface area (Å²) in [6.45, 7) is 53.7. The Morgan fingerprint density at radius 2 is 0.713 bits per heavy atom. The van der Waals surface area contributed by atoms with Crippen molar-refractivity contribution in [2.24, 2.45) is 59.2 Å². The molecule has 12 rings (SSSR count). The maximum atomic E-state index is 14.2. The number of carbonyl (C=O) groups is 4. The molecule has 0 radical (unpaired) electrons. The number of likely N-dealkylation sites (N-methyl/N-ethyl adjacent to an activating group) is 3. The van der Waals surface area contributed by atoms with Crippen LogP contribution in [0, 0.1) is 59.2 Å². The highest BCUT2D eigenvalue weighted by atomic mass is 16.8. The summed E-state index contributed by atoms with van der Waals surface area (Å²) in [5.74, 6) is -10.2. The molecule has 5 bridgehead atoms. The van der Waals surface area contributed by atoms with Gasteiger partial charge in [0, 0.05) is 107 Å². The molecule has 12 aliphatic rings. The van der Waals surface area contributed by atoms with Gasteiger partial charge in [-0.3, -0.25) is 19.2 Å². The molecule has 0 aromatic rings. The van der Waals surface area contributed by atoms with E-state index in [4.69, 9.17) is 99.5 Å². The molecule has 12 heterocycles. The summed E-state index contributed by atoms with van der Waals surface area (Å²) in [4.78, 5) is 62.0. The molecule has 12 aliphatic heterocycles. The lowest BCUT2D eigenvalue weighted by atomic mass is 9.74. The third-order valence-corrected chi connectivity index (χ3v) is 36.0. The summed E-state index contributed by atoms with van der Waals surface area (Å²) in [5.41, 5.74) is -9.74. The highest BCUT2D eigenvalue weighted by molar-refractivity contribution is 5.83. The SMILES string of the molecule is CC[C@H]1OC(=O)[C@H](C)[C@@H](OC2C[C@@](C)(OC)[C@@H](O)[C@H](C)O2)[C@H](C)[C@@H](OC2O[C@H](C)C[C@H](N(C)C)[C@H]2O)[C@@](C)(O)C[C@@H](C)C(=O)[C@H](C)[C@@H](O)[C@]1(C)O.CC[C@H]1OC(=O)[C@H](C)[C@@H](OC2C[C@@](C)(OC)[C@@H](O)[C@H](C)O2)[C@H](C)[C@@H](OC2O[C@H](C)C[C@H](N(C)C)[C@H]2O)[C@@]2(C)CC(C)=C(O2)[C@H](C)[C@@H](O)[C@]1(C)O.CC[C@H]1OC(=O)[C@H](C)[C@@H](OC2C[C@@](C)(OC)[C@@H](O)[C@H](C)O2)[C@H](C)[C@@H](OC2O[C@H](C)C[C@H](N(C)C)[C@H]2O)[C@]2(C)C[C@@H](C)[C@]3(O[C@@]1(C)C=C3C)O2.[H+].[H+]. The van der Waals surface area contributed by atoms with Gasteiger partial charge in [0.1, 0.15) is 95.0 Å². The van der Waals surface area contributed by atoms with Crippen LogP contribution in [-0.4, -0.2) is 411 Å². The fraction of sp³-hybridized carbons (Fsp3) is 0.928. The van der Waals surface area contributed by atoms with Gasteiger partial charge in [-0.05, 0) is 249 Å². The molecule has 52 atom stereocenters. The van der Waals surface area contributed by atoms with Crippen molar-refractivity contribution in [1.29, 1.82) is 0 Å². The quantitative estimate of drug-likeness (QED) is 0.0290. The Morgan fingerprint density at radius 1 is 0.393 bits per heavy atom. The van der Waals surface area contributed by atoms with Crippen LogP contribution in [0.4, 0.5) is 0 Å². The summed E-state index contributed by atoms with van der Waals surface area (Å²) in [6, 6.07) is -0.749. The van der Waals surface area contributed by atoms with Gasteiger partial charge in [0.25, 0.3) is 0 Å². The van der Waals surface area contributed by atoms with Gasteiger partial charge in [-0.25, -0.2) is 0 Å². The standard InChI is InChI=1S/C37H67NO13.C37H65NO12.C37H63NO11/c1-14-25-37(10,45)30(41)20(4)27(39)18(2)16-35(8,44)32(51-34-28(40)24(38(11)12)15-19(3)47-34)21(5)29(22(6)33(43)49-25)50-26-17-36(9,46-13)31(42)23(7)48-26;1-14-25-37(10,43)30(40)20(4)28-18(2)16-36(9,50-28)32(49-34-27(39)24(38(11)12)15-19(3)45-34)21(5)29(22(6)33(42)47-25)48-26-17-35(8,44-13)31(41)23(7)46-26;1-14-26-34(8)16-19(2)37(48-34)20(3)17-36(10,49-37)31(47-33-28(39)25(38(11)12)15-21(4)43-33)22(5)29(23(6)32(41)45-26)46-27-18-35(9,42-13)30(40)24(7)44-27/h18-26,28-32,34,40-42,44-45H,14-17H2,1-13H3;19-27,29-32,34,39-41,43H,14-17H2,1-13H3;16,20-31,33,39-40H,14-15,17-18H2,1-13H3/p+2/t18-,19-,20+,21+,22-,23+,24+,25-,26?,28-,29+,30-,31+,32-,34?,35+,36-,37-;19-,20+,21+,22-,23+,24+,25-,26?,27-,29+,30-,31+,32-,34?,35-,36-,37-;20-,21-,22+,23-,24+,25+,26-,27?,28-,29+,30+,31-,33?,34+,35-,36+,37-/m111/s1. The Bertz CT molecular complexity index is 4490. The number of fused-ring (bicyclic) bond motifs is 4. The largest absolute Gasteiger partial charge is 1.00 e. The molecule has 0 aromatic heterocycles. The Morgan fingerprint density at radius 3 is 1.05 bits per heavy atom. The molecule has 39 heteroatoms. The average molecular weight is 2150 g/mol. The first-order chi connectivity index (χ1) is 69.3.